The number of benzene rings is 1. The Morgan fingerprint density at radius 2 is 2.25 bits per heavy atom. The van der Waals surface area contributed by atoms with E-state index in [0.717, 1.165) is 0 Å². The molecular weight excluding hydrogens is 232 g/mol. The van der Waals surface area contributed by atoms with E-state index in [4.69, 9.17) is 0 Å². The van der Waals surface area contributed by atoms with Crippen molar-refractivity contribution in [1.29, 1.82) is 0 Å². The van der Waals surface area contributed by atoms with Crippen LogP contribution in [0.5, 0.6) is 0 Å². The molecule has 0 spiro atoms. The van der Waals surface area contributed by atoms with Crippen molar-refractivity contribution in [3.8, 4) is 0 Å². The van der Waals surface area contributed by atoms with Gasteiger partial charge in [-0.2, -0.15) is 0 Å². The molecule has 0 saturated carbocycles. The number of halogens is 1. The van der Waals surface area contributed by atoms with E-state index < -0.39 is 0 Å². The summed E-state index contributed by atoms with van der Waals surface area (Å²) >= 11 is 3.43. The Hall–Kier alpha value is -0.210. The second-order valence-electron chi connectivity index (χ2n) is 2.84. The molecule has 0 nitrogen and oxygen atoms in total. The third kappa shape index (κ3) is 1.46. The monoisotopic (exact) mass is 240 g/mol. The fourth-order valence-electron chi connectivity index (χ4n) is 1.52. The van der Waals surface area contributed by atoms with E-state index >= 15 is 0 Å². The molecular formula is C10H9BrS. The minimum Gasteiger partial charge on any atom is -0.0836 e. The maximum absolute atomic E-state index is 3.43. The van der Waals surface area contributed by atoms with Gasteiger partial charge in [0.25, 0.3) is 0 Å². The summed E-state index contributed by atoms with van der Waals surface area (Å²) in [6.07, 6.45) is 6.81. The molecule has 0 saturated heterocycles. The molecule has 0 heterocycles. The smallest absolute Gasteiger partial charge is 0.0226 e. The van der Waals surface area contributed by atoms with Crippen molar-refractivity contribution in [2.24, 2.45) is 0 Å². The first-order valence-electron chi connectivity index (χ1n) is 3.99. The zero-order valence-electron chi connectivity index (χ0n) is 6.59. The Balaban J connectivity index is 2.53. The number of fused-ring (bicyclic) bond motifs is 1. The highest BCUT2D eigenvalue weighted by atomic mass is 79.9. The molecule has 1 aliphatic carbocycles. The van der Waals surface area contributed by atoms with Gasteiger partial charge in [0.05, 0.1) is 0 Å². The molecule has 0 radical (unpaired) electrons. The molecule has 0 aromatic heterocycles. The molecule has 0 amide bonds. The molecule has 1 aliphatic rings. The number of rotatable bonds is 1. The quantitative estimate of drug-likeness (QED) is 0.714. The average Bonchev–Trinajstić information content (AvgIpc) is 2.17. The highest BCUT2D eigenvalue weighted by Crippen LogP contribution is 2.33. The van der Waals surface area contributed by atoms with Gasteiger partial charge in [-0.05, 0) is 55.0 Å². The van der Waals surface area contributed by atoms with Crippen molar-refractivity contribution in [3.63, 3.8) is 0 Å². The van der Waals surface area contributed by atoms with Crippen molar-refractivity contribution < 1.29 is 0 Å². The minimum atomic E-state index is 1.18. The summed E-state index contributed by atoms with van der Waals surface area (Å²) in [4.78, 5) is 1.36. The zero-order valence-corrected chi connectivity index (χ0v) is 8.99. The Labute approximate surface area is 84.3 Å². The lowest BCUT2D eigenvalue weighted by Crippen LogP contribution is -1.95. The summed E-state index contributed by atoms with van der Waals surface area (Å²) in [7, 11) is 1.66. The van der Waals surface area contributed by atoms with Crippen LogP contribution in [0.15, 0.2) is 29.2 Å². The predicted octanol–water partition coefficient (Wildman–Crippen LogP) is 4.05. The van der Waals surface area contributed by atoms with Crippen LogP contribution in [0.25, 0.3) is 6.08 Å². The van der Waals surface area contributed by atoms with Crippen LogP contribution in [0, 0.1) is 0 Å². The molecule has 1 aromatic carbocycles. The van der Waals surface area contributed by atoms with Gasteiger partial charge in [0.1, 0.15) is 0 Å². The van der Waals surface area contributed by atoms with Gasteiger partial charge >= 0.3 is 0 Å². The van der Waals surface area contributed by atoms with Gasteiger partial charge < -0.3 is 0 Å². The van der Waals surface area contributed by atoms with Crippen LogP contribution < -0.4 is 0 Å². The number of hydrogen-bond acceptors (Lipinski definition) is 1. The highest BCUT2D eigenvalue weighted by molar-refractivity contribution is 9.50. The van der Waals surface area contributed by atoms with Crippen LogP contribution in [0.2, 0.25) is 0 Å². The first-order chi connectivity index (χ1) is 5.92. The number of allylic oxidation sites excluding steroid dienone is 1. The van der Waals surface area contributed by atoms with Crippen molar-refractivity contribution in [2.75, 3.05) is 0 Å². The van der Waals surface area contributed by atoms with Gasteiger partial charge in [0, 0.05) is 4.90 Å². The maximum atomic E-state index is 3.43. The molecule has 12 heavy (non-hydrogen) atoms. The fourth-order valence-corrected chi connectivity index (χ4v) is 2.87. The first-order valence-corrected chi connectivity index (χ1v) is 6.65. The largest absolute Gasteiger partial charge is 0.0836 e. The summed E-state index contributed by atoms with van der Waals surface area (Å²) in [5.41, 5.74) is 2.87. The molecule has 0 unspecified atom stereocenters. The third-order valence-corrected chi connectivity index (χ3v) is 3.71. The topological polar surface area (TPSA) is 0 Å². The predicted molar refractivity (Wildman–Crippen MR) is 58.6 cm³/mol. The molecule has 0 aliphatic heterocycles. The zero-order chi connectivity index (χ0) is 8.39. The van der Waals surface area contributed by atoms with Crippen molar-refractivity contribution in [3.05, 3.63) is 35.4 Å². The fraction of sp³-hybridized carbons (Fsp3) is 0.200. The minimum absolute atomic E-state index is 1.18. The van der Waals surface area contributed by atoms with Crippen LogP contribution in [0.1, 0.15) is 17.5 Å². The Morgan fingerprint density at radius 1 is 1.33 bits per heavy atom. The number of hydrogen-bond donors (Lipinski definition) is 0. The van der Waals surface area contributed by atoms with E-state index in [0.29, 0.717) is 0 Å². The normalized spacial score (nSPS) is 14.4. The summed E-state index contributed by atoms with van der Waals surface area (Å²) in [5.74, 6) is 0. The third-order valence-electron chi connectivity index (χ3n) is 2.11. The average molecular weight is 241 g/mol. The van der Waals surface area contributed by atoms with E-state index in [-0.39, 0.29) is 0 Å². The van der Waals surface area contributed by atoms with E-state index in [2.05, 4.69) is 45.2 Å². The van der Waals surface area contributed by atoms with Crippen molar-refractivity contribution >= 4 is 31.1 Å². The second-order valence-corrected chi connectivity index (χ2v) is 4.41. The van der Waals surface area contributed by atoms with Gasteiger partial charge in [-0.25, -0.2) is 0 Å². The maximum Gasteiger partial charge on any atom is 0.0226 e. The van der Waals surface area contributed by atoms with Gasteiger partial charge in [-0.3, -0.25) is 0 Å². The van der Waals surface area contributed by atoms with Crippen LogP contribution >= 0.6 is 25.0 Å². The lowest BCUT2D eigenvalue weighted by atomic mass is 9.98. The Kier molecular flexibility index (Phi) is 2.57. The summed E-state index contributed by atoms with van der Waals surface area (Å²) in [6.45, 7) is 0. The standard InChI is InChI=1S/C10H9BrS/c11-12-10-7-3-5-8-4-1-2-6-9(8)10/h1,3-5,7H,2,6H2. The molecule has 2 rings (SSSR count). The van der Waals surface area contributed by atoms with Crippen molar-refractivity contribution in [1.82, 2.24) is 0 Å². The Morgan fingerprint density at radius 3 is 3.08 bits per heavy atom. The van der Waals surface area contributed by atoms with Crippen LogP contribution in [-0.4, -0.2) is 0 Å². The van der Waals surface area contributed by atoms with Gasteiger partial charge in [0.15, 0.2) is 0 Å². The Bertz CT molecular complexity index is 318. The second kappa shape index (κ2) is 3.67. The summed E-state index contributed by atoms with van der Waals surface area (Å²) in [6, 6.07) is 6.45. The van der Waals surface area contributed by atoms with E-state index in [9.17, 15) is 0 Å². The summed E-state index contributed by atoms with van der Waals surface area (Å²) in [5, 5.41) is 0. The van der Waals surface area contributed by atoms with E-state index in [1.54, 1.807) is 10.2 Å². The van der Waals surface area contributed by atoms with Crippen LogP contribution in [0.3, 0.4) is 0 Å². The molecule has 62 valence electrons. The first kappa shape index (κ1) is 8.39. The van der Waals surface area contributed by atoms with Crippen molar-refractivity contribution in [2.45, 2.75) is 17.7 Å². The van der Waals surface area contributed by atoms with Gasteiger partial charge in [0.2, 0.25) is 0 Å². The van der Waals surface area contributed by atoms with E-state index in [1.165, 1.54) is 28.9 Å². The van der Waals surface area contributed by atoms with Gasteiger partial charge in [-0.1, -0.05) is 24.3 Å². The van der Waals surface area contributed by atoms with Crippen LogP contribution in [0.4, 0.5) is 0 Å². The van der Waals surface area contributed by atoms with Gasteiger partial charge in [-0.15, -0.1) is 0 Å². The molecule has 0 atom stereocenters. The highest BCUT2D eigenvalue weighted by Gasteiger charge is 2.08. The molecule has 1 aromatic rings. The molecule has 0 N–H and O–H groups in total. The van der Waals surface area contributed by atoms with E-state index in [1.807, 2.05) is 0 Å². The summed E-state index contributed by atoms with van der Waals surface area (Å²) < 4.78 is 0. The lowest BCUT2D eigenvalue weighted by molar-refractivity contribution is 0.955. The molecule has 0 fully saturated rings. The molecule has 2 heteroatoms. The molecule has 0 bridgehead atoms. The van der Waals surface area contributed by atoms with Crippen LogP contribution in [-0.2, 0) is 6.42 Å². The SMILES string of the molecule is BrSc1cccc2c1CCC=C2. The lowest BCUT2D eigenvalue weighted by Gasteiger charge is -2.12.